The van der Waals surface area contributed by atoms with Gasteiger partial charge in [-0.2, -0.15) is 0 Å². The van der Waals surface area contributed by atoms with Crippen molar-refractivity contribution < 1.29 is 0 Å². The first kappa shape index (κ1) is 15.2. The Hall–Kier alpha value is 0.220. The van der Waals surface area contributed by atoms with Crippen LogP contribution < -0.4 is 0 Å². The third kappa shape index (κ3) is 10.5. The number of allylic oxidation sites excluding steroid dienone is 2. The second-order valence-corrected chi connectivity index (χ2v) is 7.09. The normalized spacial score (nSPS) is 13.7. The Morgan fingerprint density at radius 3 is 2.07 bits per heavy atom. The van der Waals surface area contributed by atoms with E-state index in [0.717, 1.165) is 5.33 Å². The predicted octanol–water partition coefficient (Wildman–Crippen LogP) is 5.57. The highest BCUT2D eigenvalue weighted by Crippen LogP contribution is 2.27. The fourth-order valence-electron chi connectivity index (χ4n) is 1.49. The summed E-state index contributed by atoms with van der Waals surface area (Å²) >= 11 is 3.48. The number of hydrogen-bond acceptors (Lipinski definition) is 0. The summed E-state index contributed by atoms with van der Waals surface area (Å²) < 4.78 is 0. The van der Waals surface area contributed by atoms with E-state index in [1.165, 1.54) is 25.7 Å². The van der Waals surface area contributed by atoms with E-state index in [1.54, 1.807) is 0 Å². The molecule has 15 heavy (non-hydrogen) atoms. The Balaban J connectivity index is 3.91. The molecule has 0 nitrogen and oxygen atoms in total. The lowest BCUT2D eigenvalue weighted by atomic mass is 9.85. The zero-order valence-electron chi connectivity index (χ0n) is 11.1. The van der Waals surface area contributed by atoms with Crippen LogP contribution in [0, 0.1) is 10.8 Å². The van der Waals surface area contributed by atoms with Gasteiger partial charge in [0.05, 0.1) is 0 Å². The summed E-state index contributed by atoms with van der Waals surface area (Å²) in [7, 11) is 0. The first-order chi connectivity index (χ1) is 6.77. The average Bonchev–Trinajstić information content (AvgIpc) is 2.01. The first-order valence-electron chi connectivity index (χ1n) is 6.00. The van der Waals surface area contributed by atoms with E-state index < -0.39 is 0 Å². The molecule has 0 saturated heterocycles. The molecule has 0 saturated carbocycles. The fraction of sp³-hybridized carbons (Fsp3) is 0.857. The molecule has 0 unspecified atom stereocenters. The van der Waals surface area contributed by atoms with Crippen molar-refractivity contribution in [1.29, 1.82) is 0 Å². The van der Waals surface area contributed by atoms with Gasteiger partial charge in [0.2, 0.25) is 0 Å². The summed E-state index contributed by atoms with van der Waals surface area (Å²) in [5.74, 6) is 0. The van der Waals surface area contributed by atoms with Crippen LogP contribution in [-0.2, 0) is 0 Å². The summed E-state index contributed by atoms with van der Waals surface area (Å²) in [5.41, 5.74) is 0.788. The van der Waals surface area contributed by atoms with E-state index in [9.17, 15) is 0 Å². The van der Waals surface area contributed by atoms with Crippen molar-refractivity contribution in [3.63, 3.8) is 0 Å². The summed E-state index contributed by atoms with van der Waals surface area (Å²) in [6, 6.07) is 0. The minimum absolute atomic E-state index is 0.368. The number of alkyl halides is 1. The van der Waals surface area contributed by atoms with Crippen LogP contribution in [0.5, 0.6) is 0 Å². The molecule has 0 amide bonds. The molecule has 0 fully saturated rings. The van der Waals surface area contributed by atoms with Gasteiger partial charge in [-0.3, -0.25) is 0 Å². The predicted molar refractivity (Wildman–Crippen MR) is 74.6 cm³/mol. The van der Waals surface area contributed by atoms with E-state index in [-0.39, 0.29) is 0 Å². The Morgan fingerprint density at radius 1 is 1.00 bits per heavy atom. The minimum Gasteiger partial charge on any atom is -0.0928 e. The van der Waals surface area contributed by atoms with Crippen LogP contribution in [0.4, 0.5) is 0 Å². The van der Waals surface area contributed by atoms with Gasteiger partial charge in [0.15, 0.2) is 0 Å². The van der Waals surface area contributed by atoms with Gasteiger partial charge in [-0.05, 0) is 30.1 Å². The third-order valence-electron chi connectivity index (χ3n) is 2.50. The highest BCUT2D eigenvalue weighted by atomic mass is 79.9. The lowest BCUT2D eigenvalue weighted by Gasteiger charge is -2.21. The van der Waals surface area contributed by atoms with E-state index in [0.29, 0.717) is 10.8 Å². The summed E-state index contributed by atoms with van der Waals surface area (Å²) in [5, 5.41) is 1.13. The molecule has 0 bridgehead atoms. The molecule has 0 rings (SSSR count). The standard InChI is InChI=1S/C14H27Br/c1-13(2,3)9-8-11-14(4,5)10-6-7-12-15/h8,11H,6-7,9-10,12H2,1-5H3/b11-8-. The minimum atomic E-state index is 0.368. The van der Waals surface area contributed by atoms with Crippen LogP contribution >= 0.6 is 15.9 Å². The molecule has 0 aliphatic rings. The molecule has 0 aliphatic carbocycles. The molecule has 0 N–H and O–H groups in total. The zero-order chi connectivity index (χ0) is 11.9. The zero-order valence-corrected chi connectivity index (χ0v) is 12.7. The van der Waals surface area contributed by atoms with Crippen molar-refractivity contribution in [2.24, 2.45) is 10.8 Å². The highest BCUT2D eigenvalue weighted by Gasteiger charge is 2.14. The number of hydrogen-bond donors (Lipinski definition) is 0. The molecule has 0 aromatic carbocycles. The molecular weight excluding hydrogens is 248 g/mol. The molecule has 0 heterocycles. The second-order valence-electron chi connectivity index (χ2n) is 6.30. The Morgan fingerprint density at radius 2 is 1.60 bits per heavy atom. The van der Waals surface area contributed by atoms with Crippen LogP contribution in [-0.4, -0.2) is 5.33 Å². The van der Waals surface area contributed by atoms with Crippen molar-refractivity contribution >= 4 is 15.9 Å². The van der Waals surface area contributed by atoms with E-state index in [4.69, 9.17) is 0 Å². The van der Waals surface area contributed by atoms with Crippen LogP contribution in [0.3, 0.4) is 0 Å². The molecule has 1 heteroatoms. The monoisotopic (exact) mass is 274 g/mol. The Labute approximate surface area is 105 Å². The van der Waals surface area contributed by atoms with Gasteiger partial charge in [0.1, 0.15) is 0 Å². The Bertz CT molecular complexity index is 184. The van der Waals surface area contributed by atoms with Crippen molar-refractivity contribution in [3.8, 4) is 0 Å². The van der Waals surface area contributed by atoms with Gasteiger partial charge < -0.3 is 0 Å². The molecule has 90 valence electrons. The van der Waals surface area contributed by atoms with Crippen molar-refractivity contribution in [2.75, 3.05) is 5.33 Å². The largest absolute Gasteiger partial charge is 0.0928 e. The maximum absolute atomic E-state index is 3.48. The molecule has 0 aliphatic heterocycles. The van der Waals surface area contributed by atoms with Crippen LogP contribution in [0.1, 0.15) is 60.3 Å². The van der Waals surface area contributed by atoms with Crippen molar-refractivity contribution in [2.45, 2.75) is 60.3 Å². The first-order valence-corrected chi connectivity index (χ1v) is 7.13. The van der Waals surface area contributed by atoms with Gasteiger partial charge in [0.25, 0.3) is 0 Å². The lowest BCUT2D eigenvalue weighted by molar-refractivity contribution is 0.401. The van der Waals surface area contributed by atoms with Crippen LogP contribution in [0.15, 0.2) is 12.2 Å². The average molecular weight is 275 g/mol. The molecule has 0 spiro atoms. The topological polar surface area (TPSA) is 0 Å². The highest BCUT2D eigenvalue weighted by molar-refractivity contribution is 9.09. The SMILES string of the molecule is CC(C)(C)C/C=C\C(C)(C)CCCCBr. The summed E-state index contributed by atoms with van der Waals surface area (Å²) in [4.78, 5) is 0. The number of unbranched alkanes of at least 4 members (excludes halogenated alkanes) is 1. The van der Waals surface area contributed by atoms with Gasteiger partial charge >= 0.3 is 0 Å². The summed E-state index contributed by atoms with van der Waals surface area (Å²) in [6.45, 7) is 11.5. The van der Waals surface area contributed by atoms with Crippen LogP contribution in [0.2, 0.25) is 0 Å². The van der Waals surface area contributed by atoms with Gasteiger partial charge in [0, 0.05) is 5.33 Å². The number of rotatable bonds is 6. The van der Waals surface area contributed by atoms with Crippen LogP contribution in [0.25, 0.3) is 0 Å². The van der Waals surface area contributed by atoms with Crippen molar-refractivity contribution in [1.82, 2.24) is 0 Å². The van der Waals surface area contributed by atoms with E-state index in [2.05, 4.69) is 62.7 Å². The van der Waals surface area contributed by atoms with Crippen molar-refractivity contribution in [3.05, 3.63) is 12.2 Å². The van der Waals surface area contributed by atoms with Gasteiger partial charge in [-0.1, -0.05) is 69.1 Å². The maximum Gasteiger partial charge on any atom is 0.00313 e. The molecule has 0 aromatic heterocycles. The van der Waals surface area contributed by atoms with E-state index >= 15 is 0 Å². The second kappa shape index (κ2) is 6.73. The molecule has 0 atom stereocenters. The fourth-order valence-corrected chi connectivity index (χ4v) is 1.89. The molecule has 0 aromatic rings. The lowest BCUT2D eigenvalue weighted by Crippen LogP contribution is -2.08. The molecule has 0 radical (unpaired) electrons. The quantitative estimate of drug-likeness (QED) is 0.337. The molecular formula is C14H27Br. The van der Waals surface area contributed by atoms with Gasteiger partial charge in [-0.25, -0.2) is 0 Å². The Kier molecular flexibility index (Phi) is 6.83. The maximum atomic E-state index is 3.48. The van der Waals surface area contributed by atoms with Gasteiger partial charge in [-0.15, -0.1) is 0 Å². The number of halogens is 1. The summed E-state index contributed by atoms with van der Waals surface area (Å²) in [6.07, 6.45) is 9.82. The van der Waals surface area contributed by atoms with E-state index in [1.807, 2.05) is 0 Å². The third-order valence-corrected chi connectivity index (χ3v) is 3.06. The smallest absolute Gasteiger partial charge is 0.00313 e.